The number of halogens is 1. The molecule has 2 saturated heterocycles. The normalized spacial score (nSPS) is 20.1. The minimum absolute atomic E-state index is 0.00201. The van der Waals surface area contributed by atoms with Crippen LogP contribution in [0.4, 0.5) is 0 Å². The number of carbonyl (C=O) groups excluding carboxylic acids is 1. The van der Waals surface area contributed by atoms with E-state index in [4.69, 9.17) is 26.1 Å². The number of fused-ring (bicyclic) bond motifs is 3. The summed E-state index contributed by atoms with van der Waals surface area (Å²) in [4.78, 5) is 27.4. The number of benzene rings is 1. The van der Waals surface area contributed by atoms with Crippen molar-refractivity contribution in [3.8, 4) is 17.1 Å². The molecule has 190 valence electrons. The first-order valence-electron chi connectivity index (χ1n) is 12.5. The van der Waals surface area contributed by atoms with Crippen molar-refractivity contribution >= 4 is 23.2 Å². The first kappa shape index (κ1) is 23.9. The van der Waals surface area contributed by atoms with E-state index in [0.29, 0.717) is 42.9 Å². The number of hydrogen-bond acceptors (Lipinski definition) is 6. The van der Waals surface area contributed by atoms with Gasteiger partial charge in [0, 0.05) is 42.5 Å². The number of ether oxygens (including phenoxy) is 2. The van der Waals surface area contributed by atoms with E-state index >= 15 is 0 Å². The molecular weight excluding hydrogens is 490 g/mol. The van der Waals surface area contributed by atoms with E-state index < -0.39 is 0 Å². The Balaban J connectivity index is 1.30. The Morgan fingerprint density at radius 3 is 2.73 bits per heavy atom. The van der Waals surface area contributed by atoms with Crippen molar-refractivity contribution in [3.63, 3.8) is 0 Å². The second-order valence-electron chi connectivity index (χ2n) is 9.49. The maximum atomic E-state index is 13.6. The quantitative estimate of drug-likeness (QED) is 0.395. The van der Waals surface area contributed by atoms with Crippen LogP contribution in [-0.2, 0) is 11.3 Å². The van der Waals surface area contributed by atoms with Crippen LogP contribution in [0, 0.1) is 0 Å². The highest BCUT2D eigenvalue weighted by molar-refractivity contribution is 6.30. The zero-order valence-corrected chi connectivity index (χ0v) is 21.3. The molecule has 0 spiro atoms. The topological polar surface area (TPSA) is 72.2 Å². The number of hydrogen-bond donors (Lipinski definition) is 0. The SMILES string of the molecule is COc1cccc(C(=O)N2C3CCN(Cc4c(-c5ccc(Cl)cc5)nc5ccccn45)CC2COC3)n1. The lowest BCUT2D eigenvalue weighted by Gasteiger charge is -2.40. The Kier molecular flexibility index (Phi) is 6.54. The number of pyridine rings is 2. The fourth-order valence-electron chi connectivity index (χ4n) is 5.39. The summed E-state index contributed by atoms with van der Waals surface area (Å²) in [6, 6.07) is 19.1. The van der Waals surface area contributed by atoms with Gasteiger partial charge in [-0.05, 0) is 36.8 Å². The average Bonchev–Trinajstić information content (AvgIpc) is 3.25. The molecule has 2 bridgehead atoms. The summed E-state index contributed by atoms with van der Waals surface area (Å²) >= 11 is 6.15. The zero-order valence-electron chi connectivity index (χ0n) is 20.6. The minimum Gasteiger partial charge on any atom is -0.481 e. The summed E-state index contributed by atoms with van der Waals surface area (Å²) in [5.41, 5.74) is 4.39. The molecule has 37 heavy (non-hydrogen) atoms. The molecule has 2 aliphatic heterocycles. The van der Waals surface area contributed by atoms with E-state index in [1.807, 2.05) is 47.4 Å². The fraction of sp³-hybridized carbons (Fsp3) is 0.321. The van der Waals surface area contributed by atoms with Crippen molar-refractivity contribution in [2.24, 2.45) is 0 Å². The summed E-state index contributed by atoms with van der Waals surface area (Å²) in [7, 11) is 1.56. The van der Waals surface area contributed by atoms with Crippen molar-refractivity contribution in [2.75, 3.05) is 33.4 Å². The van der Waals surface area contributed by atoms with E-state index in [1.54, 1.807) is 25.3 Å². The molecule has 8 nitrogen and oxygen atoms in total. The second kappa shape index (κ2) is 10.1. The number of methoxy groups -OCH3 is 1. The monoisotopic (exact) mass is 517 g/mol. The molecule has 0 saturated carbocycles. The molecule has 4 aromatic rings. The van der Waals surface area contributed by atoms with Gasteiger partial charge in [-0.2, -0.15) is 0 Å². The Bertz CT molecular complexity index is 1420. The van der Waals surface area contributed by atoms with Gasteiger partial charge in [-0.25, -0.2) is 9.97 Å². The molecule has 0 radical (unpaired) electrons. The van der Waals surface area contributed by atoms with Gasteiger partial charge in [0.15, 0.2) is 0 Å². The highest BCUT2D eigenvalue weighted by atomic mass is 35.5. The highest BCUT2D eigenvalue weighted by Crippen LogP contribution is 2.29. The number of nitrogens with zero attached hydrogens (tertiary/aromatic N) is 5. The summed E-state index contributed by atoms with van der Waals surface area (Å²) in [5, 5.41) is 0.698. The third-order valence-electron chi connectivity index (χ3n) is 7.16. The molecule has 9 heteroatoms. The lowest BCUT2D eigenvalue weighted by atomic mass is 10.1. The number of morpholine rings is 1. The van der Waals surface area contributed by atoms with Crippen molar-refractivity contribution < 1.29 is 14.3 Å². The van der Waals surface area contributed by atoms with Crippen LogP contribution in [0.3, 0.4) is 0 Å². The van der Waals surface area contributed by atoms with E-state index in [0.717, 1.165) is 35.6 Å². The molecular formula is C28H28ClN5O3. The Morgan fingerprint density at radius 1 is 1.05 bits per heavy atom. The van der Waals surface area contributed by atoms with Gasteiger partial charge in [0.1, 0.15) is 11.3 Å². The van der Waals surface area contributed by atoms with E-state index in [2.05, 4.69) is 20.5 Å². The maximum absolute atomic E-state index is 13.6. The van der Waals surface area contributed by atoms with Crippen LogP contribution in [0.2, 0.25) is 5.02 Å². The molecule has 0 N–H and O–H groups in total. The van der Waals surface area contributed by atoms with E-state index in [1.165, 1.54) is 0 Å². The molecule has 6 rings (SSSR count). The molecule has 2 aliphatic rings. The van der Waals surface area contributed by atoms with Crippen LogP contribution in [-0.4, -0.2) is 75.6 Å². The zero-order chi connectivity index (χ0) is 25.4. The van der Waals surface area contributed by atoms with E-state index in [-0.39, 0.29) is 18.0 Å². The lowest BCUT2D eigenvalue weighted by molar-refractivity contribution is -0.0329. The maximum Gasteiger partial charge on any atom is 0.273 e. The first-order valence-corrected chi connectivity index (χ1v) is 12.8. The van der Waals surface area contributed by atoms with Gasteiger partial charge >= 0.3 is 0 Å². The van der Waals surface area contributed by atoms with Gasteiger partial charge in [0.25, 0.3) is 5.91 Å². The Hall–Kier alpha value is -3.46. The number of imidazole rings is 1. The van der Waals surface area contributed by atoms with Gasteiger partial charge in [-0.3, -0.25) is 9.69 Å². The number of carbonyl (C=O) groups is 1. The fourth-order valence-corrected chi connectivity index (χ4v) is 5.51. The molecule has 1 aromatic carbocycles. The van der Waals surface area contributed by atoms with Crippen molar-refractivity contribution in [1.29, 1.82) is 0 Å². The minimum atomic E-state index is -0.0734. The molecule has 0 aliphatic carbocycles. The molecule has 2 unspecified atom stereocenters. The third kappa shape index (κ3) is 4.68. The van der Waals surface area contributed by atoms with Gasteiger partial charge in [-0.1, -0.05) is 35.9 Å². The first-order chi connectivity index (χ1) is 18.1. The smallest absolute Gasteiger partial charge is 0.273 e. The average molecular weight is 518 g/mol. The Labute approximate surface area is 220 Å². The predicted octanol–water partition coefficient (Wildman–Crippen LogP) is 4.17. The molecule has 2 fully saturated rings. The number of amides is 1. The van der Waals surface area contributed by atoms with Crippen LogP contribution in [0.25, 0.3) is 16.9 Å². The number of rotatable bonds is 5. The summed E-state index contributed by atoms with van der Waals surface area (Å²) < 4.78 is 13.3. The van der Waals surface area contributed by atoms with E-state index in [9.17, 15) is 4.79 Å². The van der Waals surface area contributed by atoms with Crippen molar-refractivity contribution in [1.82, 2.24) is 24.2 Å². The lowest BCUT2D eigenvalue weighted by Crippen LogP contribution is -2.56. The molecule has 1 amide bonds. The van der Waals surface area contributed by atoms with Crippen molar-refractivity contribution in [2.45, 2.75) is 25.0 Å². The highest BCUT2D eigenvalue weighted by Gasteiger charge is 2.39. The van der Waals surface area contributed by atoms with Gasteiger partial charge < -0.3 is 18.8 Å². The largest absolute Gasteiger partial charge is 0.481 e. The molecule has 2 atom stereocenters. The van der Waals surface area contributed by atoms with Gasteiger partial charge in [0.05, 0.1) is 43.8 Å². The van der Waals surface area contributed by atoms with Crippen LogP contribution in [0.15, 0.2) is 66.9 Å². The van der Waals surface area contributed by atoms with Gasteiger partial charge in [-0.15, -0.1) is 0 Å². The molecule has 5 heterocycles. The predicted molar refractivity (Wildman–Crippen MR) is 141 cm³/mol. The Morgan fingerprint density at radius 2 is 1.89 bits per heavy atom. The summed E-state index contributed by atoms with van der Waals surface area (Å²) in [6.07, 6.45) is 2.87. The summed E-state index contributed by atoms with van der Waals surface area (Å²) in [5.74, 6) is 0.363. The van der Waals surface area contributed by atoms with Gasteiger partial charge in [0.2, 0.25) is 5.88 Å². The second-order valence-corrected chi connectivity index (χ2v) is 9.93. The van der Waals surface area contributed by atoms with Crippen LogP contribution < -0.4 is 4.74 Å². The van der Waals surface area contributed by atoms with Crippen LogP contribution >= 0.6 is 11.6 Å². The van der Waals surface area contributed by atoms with Crippen LogP contribution in [0.5, 0.6) is 5.88 Å². The number of aromatic nitrogens is 3. The molecule has 3 aromatic heterocycles. The van der Waals surface area contributed by atoms with Crippen LogP contribution in [0.1, 0.15) is 22.6 Å². The third-order valence-corrected chi connectivity index (χ3v) is 7.41. The van der Waals surface area contributed by atoms with Crippen molar-refractivity contribution in [3.05, 3.63) is 83.3 Å². The standard InChI is InChI=1S/C28H28ClN5O3/c1-36-26-7-4-5-23(30-26)28(35)34-21-12-14-32(15-22(34)18-37-17-21)16-24-27(19-8-10-20(29)11-9-19)31-25-6-2-3-13-33(24)25/h2-11,13,21-22H,12,14-18H2,1H3. The summed E-state index contributed by atoms with van der Waals surface area (Å²) in [6.45, 7) is 3.28.